The normalized spacial score (nSPS) is 17.1. The molecule has 1 fully saturated rings. The lowest BCUT2D eigenvalue weighted by Gasteiger charge is -2.35. The van der Waals surface area contributed by atoms with Crippen molar-refractivity contribution in [2.75, 3.05) is 17.1 Å². The first-order valence-corrected chi connectivity index (χ1v) is 12.0. The fraction of sp³-hybridized carbons (Fsp3) is 0.391. The minimum Gasteiger partial charge on any atom is -0.349 e. The van der Waals surface area contributed by atoms with Crippen molar-refractivity contribution in [3.05, 3.63) is 63.1 Å². The number of alkyl halides is 4. The van der Waals surface area contributed by atoms with Gasteiger partial charge >= 0.3 is 0 Å². The molecule has 0 bridgehead atoms. The van der Waals surface area contributed by atoms with Crippen LogP contribution < -0.4 is 10.6 Å². The molecule has 0 radical (unpaired) electrons. The van der Waals surface area contributed by atoms with Crippen LogP contribution in [0, 0.1) is 12.8 Å². The molecule has 1 saturated carbocycles. The Morgan fingerprint density at radius 1 is 1.09 bits per heavy atom. The smallest absolute Gasteiger partial charge is 0.253 e. The summed E-state index contributed by atoms with van der Waals surface area (Å²) in [7, 11) is 0. The molecule has 3 rings (SSSR count). The number of halogens is 6. The Kier molecular flexibility index (Phi) is 8.49. The molecular weight excluding hydrogens is 516 g/mol. The quantitative estimate of drug-likeness (QED) is 0.370. The van der Waals surface area contributed by atoms with Crippen molar-refractivity contribution >= 4 is 63.9 Å². The van der Waals surface area contributed by atoms with E-state index < -0.39 is 42.5 Å². The summed E-state index contributed by atoms with van der Waals surface area (Å²) in [4.78, 5) is 25.6. The highest BCUT2D eigenvalue weighted by molar-refractivity contribution is 6.34. The third-order valence-corrected chi connectivity index (χ3v) is 6.76. The van der Waals surface area contributed by atoms with Crippen molar-refractivity contribution in [2.45, 2.75) is 37.6 Å². The van der Waals surface area contributed by atoms with Crippen molar-refractivity contribution < 1.29 is 18.4 Å². The van der Waals surface area contributed by atoms with Gasteiger partial charge in [0.15, 0.2) is 0 Å². The standard InChI is InChI=1S/C23H22Cl4F2N2O2/c1-12-4-13(6-14(26)5-12)18(10-24)19(11-25)22(33)30-15-2-3-20(27)17(7-15)21(32)31-16-8-23(28,29)9-16/h2-7,16,18-19H,8-11H2,1H3,(H,30,33)(H,31,32). The molecule has 4 nitrogen and oxygen atoms in total. The molecule has 2 N–H and O–H groups in total. The molecule has 0 spiro atoms. The fourth-order valence-corrected chi connectivity index (χ4v) is 5.06. The van der Waals surface area contributed by atoms with Gasteiger partial charge in [-0.15, -0.1) is 23.2 Å². The molecule has 178 valence electrons. The van der Waals surface area contributed by atoms with Gasteiger partial charge in [0.1, 0.15) is 0 Å². The maximum atomic E-state index is 13.1. The highest BCUT2D eigenvalue weighted by Gasteiger charge is 2.46. The zero-order valence-corrected chi connectivity index (χ0v) is 20.6. The number of rotatable bonds is 8. The molecule has 2 unspecified atom stereocenters. The van der Waals surface area contributed by atoms with Crippen molar-refractivity contribution in [1.29, 1.82) is 0 Å². The molecule has 0 heterocycles. The summed E-state index contributed by atoms with van der Waals surface area (Å²) in [6, 6.07) is 9.24. The highest BCUT2D eigenvalue weighted by atomic mass is 35.5. The Bertz CT molecular complexity index is 1020. The number of nitrogens with one attached hydrogen (secondary N) is 2. The predicted octanol–water partition coefficient (Wildman–Crippen LogP) is 6.65. The Morgan fingerprint density at radius 2 is 1.79 bits per heavy atom. The predicted molar refractivity (Wildman–Crippen MR) is 129 cm³/mol. The van der Waals surface area contributed by atoms with Crippen LogP contribution in [-0.4, -0.2) is 35.5 Å². The topological polar surface area (TPSA) is 58.2 Å². The second-order valence-corrected chi connectivity index (χ2v) is 9.66. The van der Waals surface area contributed by atoms with Gasteiger partial charge in [-0.05, 0) is 48.4 Å². The molecule has 2 amide bonds. The van der Waals surface area contributed by atoms with E-state index in [-0.39, 0.29) is 28.3 Å². The first-order valence-electron chi connectivity index (χ1n) is 10.2. The van der Waals surface area contributed by atoms with Gasteiger partial charge < -0.3 is 10.6 Å². The fourth-order valence-electron chi connectivity index (χ4n) is 3.81. The van der Waals surface area contributed by atoms with Crippen LogP contribution in [0.1, 0.15) is 40.2 Å². The second kappa shape index (κ2) is 10.8. The van der Waals surface area contributed by atoms with E-state index in [9.17, 15) is 18.4 Å². The van der Waals surface area contributed by atoms with E-state index in [2.05, 4.69) is 10.6 Å². The van der Waals surface area contributed by atoms with Crippen LogP contribution in [0.15, 0.2) is 36.4 Å². The average molecular weight is 538 g/mol. The molecule has 2 aromatic carbocycles. The molecule has 2 atom stereocenters. The summed E-state index contributed by atoms with van der Waals surface area (Å²) in [6.45, 7) is 1.89. The number of anilines is 1. The number of carbonyl (C=O) groups excluding carboxylic acids is 2. The molecule has 2 aromatic rings. The number of benzene rings is 2. The van der Waals surface area contributed by atoms with Gasteiger partial charge in [0.05, 0.1) is 16.5 Å². The Balaban J connectivity index is 1.75. The van der Waals surface area contributed by atoms with Gasteiger partial charge in [-0.2, -0.15) is 0 Å². The van der Waals surface area contributed by atoms with Crippen molar-refractivity contribution in [3.63, 3.8) is 0 Å². The van der Waals surface area contributed by atoms with E-state index >= 15 is 0 Å². The van der Waals surface area contributed by atoms with Gasteiger partial charge in [0.2, 0.25) is 5.91 Å². The van der Waals surface area contributed by atoms with Crippen molar-refractivity contribution in [1.82, 2.24) is 5.32 Å². The largest absolute Gasteiger partial charge is 0.349 e. The summed E-state index contributed by atoms with van der Waals surface area (Å²) in [6.07, 6.45) is -0.819. The molecule has 33 heavy (non-hydrogen) atoms. The lowest BCUT2D eigenvalue weighted by atomic mass is 9.87. The van der Waals surface area contributed by atoms with E-state index in [4.69, 9.17) is 46.4 Å². The summed E-state index contributed by atoms with van der Waals surface area (Å²) in [5.74, 6) is -4.64. The minimum absolute atomic E-state index is 0.00556. The van der Waals surface area contributed by atoms with Gasteiger partial charge in [0, 0.05) is 47.3 Å². The first-order chi connectivity index (χ1) is 15.5. The summed E-state index contributed by atoms with van der Waals surface area (Å²) >= 11 is 24.6. The van der Waals surface area contributed by atoms with Gasteiger partial charge in [-0.25, -0.2) is 8.78 Å². The van der Waals surface area contributed by atoms with Crippen LogP contribution >= 0.6 is 46.4 Å². The molecule has 1 aliphatic carbocycles. The van der Waals surface area contributed by atoms with E-state index in [0.717, 1.165) is 11.1 Å². The zero-order valence-electron chi connectivity index (χ0n) is 17.6. The Labute approximate surface area is 210 Å². The molecule has 1 aliphatic rings. The van der Waals surface area contributed by atoms with Gasteiger partial charge in [0.25, 0.3) is 11.8 Å². The van der Waals surface area contributed by atoms with Crippen molar-refractivity contribution in [3.8, 4) is 0 Å². The summed E-state index contributed by atoms with van der Waals surface area (Å²) in [5.41, 5.74) is 2.12. The number of aryl methyl sites for hydroxylation is 1. The number of amides is 2. The van der Waals surface area contributed by atoms with Crippen LogP contribution in [0.2, 0.25) is 10.0 Å². The number of hydrogen-bond acceptors (Lipinski definition) is 2. The van der Waals surface area contributed by atoms with Gasteiger partial charge in [-0.1, -0.05) is 29.3 Å². The SMILES string of the molecule is Cc1cc(Cl)cc(C(CCl)C(CCl)C(=O)Nc2ccc(Cl)c(C(=O)NC3CC(F)(F)C3)c2)c1. The van der Waals surface area contributed by atoms with Gasteiger partial charge in [-0.3, -0.25) is 9.59 Å². The number of hydrogen-bond donors (Lipinski definition) is 2. The van der Waals surface area contributed by atoms with E-state index in [1.165, 1.54) is 12.1 Å². The van der Waals surface area contributed by atoms with E-state index in [0.29, 0.717) is 10.7 Å². The molecular formula is C23H22Cl4F2N2O2. The molecule has 10 heteroatoms. The van der Waals surface area contributed by atoms with Crippen LogP contribution in [-0.2, 0) is 4.79 Å². The average Bonchev–Trinajstić information content (AvgIpc) is 2.70. The molecule has 0 aromatic heterocycles. The molecule has 0 saturated heterocycles. The third kappa shape index (κ3) is 6.50. The van der Waals surface area contributed by atoms with Crippen LogP contribution in [0.5, 0.6) is 0 Å². The number of carbonyl (C=O) groups is 2. The van der Waals surface area contributed by atoms with Crippen LogP contribution in [0.4, 0.5) is 14.5 Å². The lowest BCUT2D eigenvalue weighted by Crippen LogP contribution is -2.50. The monoisotopic (exact) mass is 536 g/mol. The maximum Gasteiger partial charge on any atom is 0.253 e. The summed E-state index contributed by atoms with van der Waals surface area (Å²) < 4.78 is 26.1. The Morgan fingerprint density at radius 3 is 2.36 bits per heavy atom. The van der Waals surface area contributed by atoms with E-state index in [1.54, 1.807) is 18.2 Å². The van der Waals surface area contributed by atoms with E-state index in [1.807, 2.05) is 13.0 Å². The maximum absolute atomic E-state index is 13.1. The highest BCUT2D eigenvalue weighted by Crippen LogP contribution is 2.37. The van der Waals surface area contributed by atoms with Crippen LogP contribution in [0.25, 0.3) is 0 Å². The second-order valence-electron chi connectivity index (χ2n) is 8.20. The third-order valence-electron chi connectivity index (χ3n) is 5.55. The lowest BCUT2D eigenvalue weighted by molar-refractivity contribution is -0.119. The first kappa shape index (κ1) is 26.0. The molecule has 0 aliphatic heterocycles. The zero-order chi connectivity index (χ0) is 24.3. The van der Waals surface area contributed by atoms with Crippen molar-refractivity contribution in [2.24, 2.45) is 5.92 Å². The summed E-state index contributed by atoms with van der Waals surface area (Å²) in [5, 5.41) is 5.96. The minimum atomic E-state index is -2.76. The van der Waals surface area contributed by atoms with Crippen LogP contribution in [0.3, 0.4) is 0 Å². The Hall–Kier alpha value is -1.60.